The molecule has 0 aromatic carbocycles. The normalized spacial score (nSPS) is 18.4. The number of likely N-dealkylation sites (tertiary alicyclic amines) is 1. The van der Waals surface area contributed by atoms with Crippen molar-refractivity contribution in [1.82, 2.24) is 25.5 Å². The predicted molar refractivity (Wildman–Crippen MR) is 116 cm³/mol. The molecule has 1 fully saturated rings. The van der Waals surface area contributed by atoms with Crippen molar-refractivity contribution in [1.29, 1.82) is 0 Å². The number of imidazole rings is 1. The van der Waals surface area contributed by atoms with Crippen LogP contribution >= 0.6 is 0 Å². The summed E-state index contributed by atoms with van der Waals surface area (Å²) in [6.07, 6.45) is 5.53. The quantitative estimate of drug-likeness (QED) is 0.152. The number of amides is 3. The lowest BCUT2D eigenvalue weighted by molar-refractivity contribution is -0.150. The molecule has 13 heteroatoms. The Labute approximate surface area is 191 Å². The first-order chi connectivity index (χ1) is 15.8. The Bertz CT molecular complexity index is 803. The number of carboxylic acids is 1. The zero-order chi connectivity index (χ0) is 24.4. The largest absolute Gasteiger partial charge is 0.480 e. The number of nitrogens with zero attached hydrogens (tertiary/aromatic N) is 2. The van der Waals surface area contributed by atoms with Crippen LogP contribution in [0.5, 0.6) is 0 Å². The summed E-state index contributed by atoms with van der Waals surface area (Å²) in [5.41, 5.74) is 11.9. The average Bonchev–Trinajstić information content (AvgIpc) is 3.48. The molecule has 1 saturated heterocycles. The lowest BCUT2D eigenvalue weighted by Gasteiger charge is -2.28. The second-order valence-corrected chi connectivity index (χ2v) is 8.00. The molecule has 2 heterocycles. The summed E-state index contributed by atoms with van der Waals surface area (Å²) in [5, 5.41) is 24.0. The molecule has 1 aromatic heterocycles. The van der Waals surface area contributed by atoms with Crippen LogP contribution in [0.15, 0.2) is 12.5 Å². The van der Waals surface area contributed by atoms with Crippen molar-refractivity contribution in [2.45, 2.75) is 62.7 Å². The number of rotatable bonds is 13. The summed E-state index contributed by atoms with van der Waals surface area (Å²) in [6.45, 7) is -0.0274. The maximum atomic E-state index is 13.0. The van der Waals surface area contributed by atoms with Gasteiger partial charge >= 0.3 is 5.97 Å². The Morgan fingerprint density at radius 3 is 2.55 bits per heavy atom. The highest BCUT2D eigenvalue weighted by molar-refractivity contribution is 5.94. The van der Waals surface area contributed by atoms with E-state index in [9.17, 15) is 29.4 Å². The summed E-state index contributed by atoms with van der Waals surface area (Å²) in [4.78, 5) is 57.6. The van der Waals surface area contributed by atoms with Crippen molar-refractivity contribution in [3.8, 4) is 0 Å². The first kappa shape index (κ1) is 26.2. The molecule has 9 N–H and O–H groups in total. The molecular weight excluding hydrogens is 434 g/mol. The number of aromatic nitrogens is 2. The highest BCUT2D eigenvalue weighted by Gasteiger charge is 2.38. The summed E-state index contributed by atoms with van der Waals surface area (Å²) in [6, 6.07) is -4.30. The second-order valence-electron chi connectivity index (χ2n) is 8.00. The fraction of sp³-hybridized carbons (Fsp3) is 0.650. The molecule has 0 radical (unpaired) electrons. The first-order valence-electron chi connectivity index (χ1n) is 11.0. The van der Waals surface area contributed by atoms with Crippen LogP contribution < -0.4 is 22.1 Å². The number of aliphatic carboxylic acids is 1. The van der Waals surface area contributed by atoms with Crippen LogP contribution in [0.4, 0.5) is 0 Å². The number of unbranched alkanes of at least 4 members (excludes halogenated alkanes) is 1. The highest BCUT2D eigenvalue weighted by atomic mass is 16.4. The van der Waals surface area contributed by atoms with E-state index in [-0.39, 0.29) is 13.0 Å². The van der Waals surface area contributed by atoms with Gasteiger partial charge < -0.3 is 42.2 Å². The van der Waals surface area contributed by atoms with E-state index >= 15 is 0 Å². The minimum absolute atomic E-state index is 0.0426. The van der Waals surface area contributed by atoms with E-state index in [1.54, 1.807) is 0 Å². The summed E-state index contributed by atoms with van der Waals surface area (Å²) >= 11 is 0. The number of aromatic amines is 1. The third-order valence-corrected chi connectivity index (χ3v) is 5.54. The predicted octanol–water partition coefficient (Wildman–Crippen LogP) is -2.55. The minimum Gasteiger partial charge on any atom is -0.480 e. The second kappa shape index (κ2) is 12.9. The molecule has 1 aliphatic rings. The Hall–Kier alpha value is -3.03. The Kier molecular flexibility index (Phi) is 10.2. The number of aliphatic hydroxyl groups is 1. The Morgan fingerprint density at radius 1 is 1.21 bits per heavy atom. The van der Waals surface area contributed by atoms with E-state index in [2.05, 4.69) is 20.6 Å². The number of nitrogens with two attached hydrogens (primary N) is 2. The minimum atomic E-state index is -1.35. The van der Waals surface area contributed by atoms with Gasteiger partial charge in [0.1, 0.15) is 18.1 Å². The average molecular weight is 468 g/mol. The van der Waals surface area contributed by atoms with Gasteiger partial charge in [-0.3, -0.25) is 14.4 Å². The van der Waals surface area contributed by atoms with Crippen LogP contribution in [0.2, 0.25) is 0 Å². The van der Waals surface area contributed by atoms with E-state index in [0.717, 1.165) is 4.90 Å². The zero-order valence-electron chi connectivity index (χ0n) is 18.4. The number of H-pyrrole nitrogens is 1. The molecule has 0 bridgehead atoms. The molecule has 4 unspecified atom stereocenters. The molecule has 0 aliphatic carbocycles. The molecule has 0 saturated carbocycles. The van der Waals surface area contributed by atoms with Crippen LogP contribution in [-0.4, -0.2) is 92.6 Å². The van der Waals surface area contributed by atoms with Gasteiger partial charge in [0, 0.05) is 24.9 Å². The van der Waals surface area contributed by atoms with Gasteiger partial charge in [-0.05, 0) is 32.2 Å². The molecule has 2 rings (SSSR count). The summed E-state index contributed by atoms with van der Waals surface area (Å²) < 4.78 is 0. The van der Waals surface area contributed by atoms with Crippen LogP contribution in [-0.2, 0) is 25.6 Å². The lowest BCUT2D eigenvalue weighted by atomic mass is 10.1. The molecule has 3 amide bonds. The number of carbonyl (C=O) groups excluding carboxylic acids is 3. The standard InChI is InChI=1S/C20H33N7O6/c21-6-2-1-4-13(22)17(29)25-14(8-12-9-23-11-24-12)18(30)26-15(10-28)19(31)27-7-3-5-16(27)20(32)33/h9,11,13-16,28H,1-8,10,21-22H2,(H,23,24)(H,25,29)(H,26,30)(H,32,33). The number of hydrogen-bond donors (Lipinski definition) is 7. The van der Waals surface area contributed by atoms with Gasteiger partial charge in [0.15, 0.2) is 0 Å². The molecule has 0 spiro atoms. The van der Waals surface area contributed by atoms with Crippen LogP contribution in [0.25, 0.3) is 0 Å². The molecule has 4 atom stereocenters. The van der Waals surface area contributed by atoms with Crippen molar-refractivity contribution >= 4 is 23.7 Å². The fourth-order valence-corrected chi connectivity index (χ4v) is 3.69. The van der Waals surface area contributed by atoms with E-state index in [1.807, 2.05) is 0 Å². The summed E-state index contributed by atoms with van der Waals surface area (Å²) in [7, 11) is 0. The van der Waals surface area contributed by atoms with E-state index in [0.29, 0.717) is 44.3 Å². The van der Waals surface area contributed by atoms with Gasteiger partial charge in [-0.25, -0.2) is 9.78 Å². The maximum Gasteiger partial charge on any atom is 0.326 e. The Morgan fingerprint density at radius 2 is 1.94 bits per heavy atom. The SMILES string of the molecule is NCCCCC(N)C(=O)NC(Cc1cnc[nH]1)C(=O)NC(CO)C(=O)N1CCCC1C(=O)O. The first-order valence-corrected chi connectivity index (χ1v) is 11.0. The number of carbonyl (C=O) groups is 4. The number of nitrogens with one attached hydrogen (secondary N) is 3. The molecule has 13 nitrogen and oxygen atoms in total. The number of carboxylic acid groups (broad SMARTS) is 1. The molecule has 1 aliphatic heterocycles. The third kappa shape index (κ3) is 7.51. The smallest absolute Gasteiger partial charge is 0.326 e. The molecule has 184 valence electrons. The Balaban J connectivity index is 2.08. The molecule has 33 heavy (non-hydrogen) atoms. The van der Waals surface area contributed by atoms with Gasteiger partial charge in [-0.15, -0.1) is 0 Å². The third-order valence-electron chi connectivity index (χ3n) is 5.54. The molecular formula is C20H33N7O6. The van der Waals surface area contributed by atoms with Gasteiger partial charge in [-0.1, -0.05) is 6.42 Å². The van der Waals surface area contributed by atoms with Crippen molar-refractivity contribution in [3.05, 3.63) is 18.2 Å². The van der Waals surface area contributed by atoms with Crippen LogP contribution in [0, 0.1) is 0 Å². The van der Waals surface area contributed by atoms with Crippen molar-refractivity contribution in [3.63, 3.8) is 0 Å². The topological polar surface area (TPSA) is 217 Å². The number of hydrogen-bond acceptors (Lipinski definition) is 8. The zero-order valence-corrected chi connectivity index (χ0v) is 18.4. The van der Waals surface area contributed by atoms with Gasteiger partial charge in [0.25, 0.3) is 0 Å². The van der Waals surface area contributed by atoms with Gasteiger partial charge in [0.2, 0.25) is 17.7 Å². The van der Waals surface area contributed by atoms with E-state index in [1.165, 1.54) is 12.5 Å². The lowest BCUT2D eigenvalue weighted by Crippen LogP contribution is -2.58. The van der Waals surface area contributed by atoms with Crippen molar-refractivity contribution < 1.29 is 29.4 Å². The van der Waals surface area contributed by atoms with Crippen LogP contribution in [0.1, 0.15) is 37.8 Å². The van der Waals surface area contributed by atoms with Gasteiger partial charge in [0.05, 0.1) is 19.0 Å². The monoisotopic (exact) mass is 467 g/mol. The van der Waals surface area contributed by atoms with E-state index < -0.39 is 54.5 Å². The number of aliphatic hydroxyl groups excluding tert-OH is 1. The van der Waals surface area contributed by atoms with E-state index in [4.69, 9.17) is 11.5 Å². The summed E-state index contributed by atoms with van der Waals surface area (Å²) in [5.74, 6) is -3.09. The van der Waals surface area contributed by atoms with Crippen molar-refractivity contribution in [2.75, 3.05) is 19.7 Å². The van der Waals surface area contributed by atoms with Crippen molar-refractivity contribution in [2.24, 2.45) is 11.5 Å². The maximum absolute atomic E-state index is 13.0. The fourth-order valence-electron chi connectivity index (χ4n) is 3.69. The van der Waals surface area contributed by atoms with Gasteiger partial charge in [-0.2, -0.15) is 0 Å². The van der Waals surface area contributed by atoms with Crippen LogP contribution in [0.3, 0.4) is 0 Å². The molecule has 1 aromatic rings. The highest BCUT2D eigenvalue weighted by Crippen LogP contribution is 2.18.